The maximum atomic E-state index is 12.8. The molecule has 32 heavy (non-hydrogen) atoms. The maximum absolute atomic E-state index is 12.8. The van der Waals surface area contributed by atoms with E-state index in [1.54, 1.807) is 0 Å². The van der Waals surface area contributed by atoms with E-state index in [2.05, 4.69) is 33.7 Å². The molecule has 2 N–H and O–H groups in total. The molecule has 5 nitrogen and oxygen atoms in total. The Morgan fingerprint density at radius 1 is 0.906 bits per heavy atom. The zero-order valence-corrected chi connectivity index (χ0v) is 19.4. The van der Waals surface area contributed by atoms with E-state index in [-0.39, 0.29) is 23.7 Å². The van der Waals surface area contributed by atoms with Crippen molar-refractivity contribution < 1.29 is 9.59 Å². The van der Waals surface area contributed by atoms with E-state index in [0.717, 1.165) is 63.3 Å². The Kier molecular flexibility index (Phi) is 6.82. The molecule has 3 atom stereocenters. The summed E-state index contributed by atoms with van der Waals surface area (Å²) in [5.41, 5.74) is 2.16. The predicted octanol–water partition coefficient (Wildman–Crippen LogP) is 4.72. The number of anilines is 1. The van der Waals surface area contributed by atoms with Gasteiger partial charge in [-0.3, -0.25) is 14.5 Å². The Balaban J connectivity index is 1.08. The third-order valence-corrected chi connectivity index (χ3v) is 8.59. The van der Waals surface area contributed by atoms with Gasteiger partial charge in [0.15, 0.2) is 0 Å². The van der Waals surface area contributed by atoms with Crippen molar-refractivity contribution >= 4 is 17.5 Å². The minimum absolute atomic E-state index is 0.167. The first-order valence-electron chi connectivity index (χ1n) is 13.1. The summed E-state index contributed by atoms with van der Waals surface area (Å²) < 4.78 is 0. The Morgan fingerprint density at radius 3 is 2.44 bits per heavy atom. The van der Waals surface area contributed by atoms with Crippen molar-refractivity contribution in [3.63, 3.8) is 0 Å². The number of likely N-dealkylation sites (tertiary alicyclic amines) is 1. The molecule has 3 aliphatic carbocycles. The van der Waals surface area contributed by atoms with Crippen LogP contribution in [-0.4, -0.2) is 35.8 Å². The summed E-state index contributed by atoms with van der Waals surface area (Å²) in [5, 5.41) is 6.51. The summed E-state index contributed by atoms with van der Waals surface area (Å²) >= 11 is 0. The lowest BCUT2D eigenvalue weighted by Crippen LogP contribution is -2.44. The van der Waals surface area contributed by atoms with E-state index < -0.39 is 0 Å². The van der Waals surface area contributed by atoms with Crippen LogP contribution in [0.5, 0.6) is 0 Å². The number of rotatable bonds is 6. The van der Waals surface area contributed by atoms with E-state index in [1.807, 2.05) is 6.07 Å². The molecule has 1 aromatic rings. The second-order valence-corrected chi connectivity index (χ2v) is 10.9. The molecule has 2 amide bonds. The van der Waals surface area contributed by atoms with Gasteiger partial charge in [-0.15, -0.1) is 0 Å². The summed E-state index contributed by atoms with van der Waals surface area (Å²) in [6, 6.07) is 8.75. The van der Waals surface area contributed by atoms with E-state index in [9.17, 15) is 9.59 Å². The monoisotopic (exact) mass is 437 g/mol. The quantitative estimate of drug-likeness (QED) is 0.677. The molecule has 1 saturated heterocycles. The Labute approximate surface area is 192 Å². The van der Waals surface area contributed by atoms with Gasteiger partial charge in [0.1, 0.15) is 0 Å². The average molecular weight is 438 g/mol. The number of hydrogen-bond acceptors (Lipinski definition) is 3. The molecule has 4 fully saturated rings. The van der Waals surface area contributed by atoms with Gasteiger partial charge in [-0.05, 0) is 87.6 Å². The zero-order valence-electron chi connectivity index (χ0n) is 19.4. The third kappa shape index (κ3) is 5.19. The molecule has 174 valence electrons. The van der Waals surface area contributed by atoms with Crippen molar-refractivity contribution in [2.75, 3.05) is 18.4 Å². The first kappa shape index (κ1) is 21.9. The van der Waals surface area contributed by atoms with E-state index in [1.165, 1.54) is 44.1 Å². The Bertz CT molecular complexity index is 811. The Hall–Kier alpha value is -1.88. The van der Waals surface area contributed by atoms with Gasteiger partial charge in [0.25, 0.3) is 0 Å². The number of piperidine rings is 1. The van der Waals surface area contributed by atoms with Crippen LogP contribution in [0.4, 0.5) is 5.69 Å². The van der Waals surface area contributed by atoms with Crippen LogP contribution in [0.25, 0.3) is 0 Å². The van der Waals surface area contributed by atoms with Crippen LogP contribution in [0.15, 0.2) is 24.3 Å². The number of carbonyl (C=O) groups excluding carboxylic acids is 2. The predicted molar refractivity (Wildman–Crippen MR) is 127 cm³/mol. The number of nitrogens with zero attached hydrogens (tertiary/aromatic N) is 1. The fourth-order valence-electron chi connectivity index (χ4n) is 6.73. The molecule has 1 heterocycles. The maximum Gasteiger partial charge on any atom is 0.227 e. The van der Waals surface area contributed by atoms with Crippen LogP contribution >= 0.6 is 0 Å². The van der Waals surface area contributed by atoms with Crippen molar-refractivity contribution in [3.05, 3.63) is 29.8 Å². The topological polar surface area (TPSA) is 61.4 Å². The largest absolute Gasteiger partial charge is 0.353 e. The smallest absolute Gasteiger partial charge is 0.227 e. The first-order chi connectivity index (χ1) is 15.6. The molecule has 0 aromatic heterocycles. The van der Waals surface area contributed by atoms with Crippen molar-refractivity contribution in [1.29, 1.82) is 0 Å². The van der Waals surface area contributed by atoms with Gasteiger partial charge in [-0.2, -0.15) is 0 Å². The van der Waals surface area contributed by atoms with Crippen LogP contribution in [0.3, 0.4) is 0 Å². The fraction of sp³-hybridized carbons (Fsp3) is 0.704. The van der Waals surface area contributed by atoms with Gasteiger partial charge in [0.05, 0.1) is 0 Å². The van der Waals surface area contributed by atoms with Crippen molar-refractivity contribution in [2.24, 2.45) is 23.7 Å². The molecule has 3 saturated carbocycles. The molecule has 2 bridgehead atoms. The number of benzene rings is 1. The molecule has 1 aromatic carbocycles. The minimum Gasteiger partial charge on any atom is -0.353 e. The van der Waals surface area contributed by atoms with Crippen molar-refractivity contribution in [3.8, 4) is 0 Å². The molecule has 1 aliphatic heterocycles. The lowest BCUT2D eigenvalue weighted by atomic mass is 9.88. The summed E-state index contributed by atoms with van der Waals surface area (Å²) in [6.45, 7) is 2.81. The van der Waals surface area contributed by atoms with Gasteiger partial charge in [-0.1, -0.05) is 37.8 Å². The summed E-state index contributed by atoms with van der Waals surface area (Å²) in [7, 11) is 0. The van der Waals surface area contributed by atoms with E-state index >= 15 is 0 Å². The lowest BCUT2D eigenvalue weighted by molar-refractivity contribution is -0.127. The van der Waals surface area contributed by atoms with Gasteiger partial charge in [-0.25, -0.2) is 0 Å². The second-order valence-electron chi connectivity index (χ2n) is 10.9. The van der Waals surface area contributed by atoms with Crippen LogP contribution < -0.4 is 10.6 Å². The fourth-order valence-corrected chi connectivity index (χ4v) is 6.73. The zero-order chi connectivity index (χ0) is 21.9. The highest BCUT2D eigenvalue weighted by molar-refractivity contribution is 5.93. The number of amides is 2. The number of carbonyl (C=O) groups is 2. The molecule has 0 radical (unpaired) electrons. The highest BCUT2D eigenvalue weighted by Crippen LogP contribution is 2.48. The van der Waals surface area contributed by atoms with Crippen molar-refractivity contribution in [2.45, 2.75) is 83.2 Å². The Morgan fingerprint density at radius 2 is 1.72 bits per heavy atom. The average Bonchev–Trinajstić information content (AvgIpc) is 3.44. The SMILES string of the molecule is O=C(NC1CCCCC1)C1CCN(Cc2cccc(NC(=O)C3C[C@@H]4CC[C@H]3C4)c2)CC1. The van der Waals surface area contributed by atoms with E-state index in [0.29, 0.717) is 12.0 Å². The van der Waals surface area contributed by atoms with E-state index in [4.69, 9.17) is 0 Å². The first-order valence-corrected chi connectivity index (χ1v) is 13.1. The molecule has 5 heteroatoms. The van der Waals surface area contributed by atoms with Gasteiger partial charge >= 0.3 is 0 Å². The number of nitrogens with one attached hydrogen (secondary N) is 2. The van der Waals surface area contributed by atoms with Crippen molar-refractivity contribution in [1.82, 2.24) is 10.2 Å². The number of hydrogen-bond donors (Lipinski definition) is 2. The molecule has 1 unspecified atom stereocenters. The van der Waals surface area contributed by atoms with Crippen LogP contribution in [-0.2, 0) is 16.1 Å². The van der Waals surface area contributed by atoms with Gasteiger partial charge in [0, 0.05) is 30.1 Å². The molecule has 4 aliphatic rings. The molecular formula is C27H39N3O2. The highest BCUT2D eigenvalue weighted by atomic mass is 16.2. The molecule has 0 spiro atoms. The summed E-state index contributed by atoms with van der Waals surface area (Å²) in [5.74, 6) is 2.28. The molecule has 5 rings (SSSR count). The normalized spacial score (nSPS) is 29.2. The van der Waals surface area contributed by atoms with Crippen LogP contribution in [0.1, 0.15) is 76.2 Å². The summed E-state index contributed by atoms with van der Waals surface area (Å²) in [4.78, 5) is 27.9. The lowest BCUT2D eigenvalue weighted by Gasteiger charge is -2.32. The highest BCUT2D eigenvalue weighted by Gasteiger charge is 2.43. The van der Waals surface area contributed by atoms with Gasteiger partial charge < -0.3 is 10.6 Å². The second kappa shape index (κ2) is 9.94. The minimum atomic E-state index is 0.167. The standard InChI is InChI=1S/C27H39N3O2/c31-26(28-23-6-2-1-3-7-23)21-11-13-30(14-12-21)18-20-5-4-8-24(16-20)29-27(32)25-17-19-9-10-22(25)15-19/h4-5,8,16,19,21-23,25H,1-3,6-7,9-15,17-18H2,(H,28,31)(H,29,32)/t19-,22+,25?/m1/s1. The number of fused-ring (bicyclic) bond motifs is 2. The van der Waals surface area contributed by atoms with Gasteiger partial charge in [0.2, 0.25) is 11.8 Å². The molecular weight excluding hydrogens is 398 g/mol. The van der Waals surface area contributed by atoms with Crippen LogP contribution in [0, 0.1) is 23.7 Å². The third-order valence-electron chi connectivity index (χ3n) is 8.59. The summed E-state index contributed by atoms with van der Waals surface area (Å²) in [6.07, 6.45) is 12.9. The van der Waals surface area contributed by atoms with Crippen LogP contribution in [0.2, 0.25) is 0 Å².